The number of carbonyl (C=O) groups excluding carboxylic acids is 2. The van der Waals surface area contributed by atoms with Gasteiger partial charge < -0.3 is 15.8 Å². The normalized spacial score (nSPS) is 23.6. The van der Waals surface area contributed by atoms with E-state index in [1.807, 2.05) is 0 Å². The zero-order valence-corrected chi connectivity index (χ0v) is 16.4. The molecule has 0 bridgehead atoms. The van der Waals surface area contributed by atoms with E-state index in [0.717, 1.165) is 12.3 Å². The predicted molar refractivity (Wildman–Crippen MR) is 105 cm³/mol. The van der Waals surface area contributed by atoms with Crippen LogP contribution in [0.15, 0.2) is 36.7 Å². The van der Waals surface area contributed by atoms with Crippen molar-refractivity contribution in [2.24, 2.45) is 5.92 Å². The van der Waals surface area contributed by atoms with E-state index >= 15 is 0 Å². The molecular formula is C20H20F3N5O3. The van der Waals surface area contributed by atoms with Crippen molar-refractivity contribution >= 4 is 29.2 Å². The van der Waals surface area contributed by atoms with Gasteiger partial charge in [0.15, 0.2) is 0 Å². The molecule has 3 N–H and O–H groups in total. The van der Waals surface area contributed by atoms with Crippen molar-refractivity contribution in [2.75, 3.05) is 22.5 Å². The van der Waals surface area contributed by atoms with Crippen LogP contribution in [0.25, 0.3) is 0 Å². The highest BCUT2D eigenvalue weighted by Crippen LogP contribution is 2.41. The first-order valence-electron chi connectivity index (χ1n) is 9.72. The van der Waals surface area contributed by atoms with Gasteiger partial charge in [0.2, 0.25) is 5.91 Å². The average Bonchev–Trinajstić information content (AvgIpc) is 3.05. The van der Waals surface area contributed by atoms with E-state index in [1.165, 1.54) is 4.90 Å². The molecule has 164 valence electrons. The van der Waals surface area contributed by atoms with Gasteiger partial charge in [-0.1, -0.05) is 6.07 Å². The fraction of sp³-hybridized carbons (Fsp3) is 0.400. The van der Waals surface area contributed by atoms with E-state index in [1.54, 1.807) is 24.4 Å². The van der Waals surface area contributed by atoms with Crippen molar-refractivity contribution in [3.05, 3.63) is 42.4 Å². The van der Waals surface area contributed by atoms with Crippen LogP contribution in [0.3, 0.4) is 0 Å². The van der Waals surface area contributed by atoms with E-state index in [0.29, 0.717) is 38.0 Å². The summed E-state index contributed by atoms with van der Waals surface area (Å²) >= 11 is 0. The highest BCUT2D eigenvalue weighted by Gasteiger charge is 2.49. The lowest BCUT2D eigenvalue weighted by molar-refractivity contribution is -0.141. The second-order valence-electron chi connectivity index (χ2n) is 7.74. The number of alkyl halides is 3. The number of rotatable bonds is 3. The second-order valence-corrected chi connectivity index (χ2v) is 7.74. The number of nitrogens with zero attached hydrogens (tertiary/aromatic N) is 3. The number of pyridine rings is 2. The molecule has 2 fully saturated rings. The monoisotopic (exact) mass is 435 g/mol. The smallest absolute Gasteiger partial charge is 0.433 e. The number of halogens is 3. The lowest BCUT2D eigenvalue weighted by atomic mass is 9.78. The van der Waals surface area contributed by atoms with Gasteiger partial charge in [0.1, 0.15) is 17.1 Å². The Kier molecular flexibility index (Phi) is 5.19. The van der Waals surface area contributed by atoms with Crippen molar-refractivity contribution < 1.29 is 27.5 Å². The summed E-state index contributed by atoms with van der Waals surface area (Å²) in [6.07, 6.45) is -0.901. The molecule has 1 spiro atoms. The molecule has 2 amide bonds. The minimum atomic E-state index is -4.64. The van der Waals surface area contributed by atoms with Crippen LogP contribution in [0.1, 0.15) is 31.4 Å². The van der Waals surface area contributed by atoms with Crippen LogP contribution in [0.4, 0.5) is 35.2 Å². The van der Waals surface area contributed by atoms with Crippen molar-refractivity contribution in [1.29, 1.82) is 0 Å². The third-order valence-electron chi connectivity index (χ3n) is 5.65. The number of hydrogen-bond acceptors (Lipinski definition) is 6. The first-order chi connectivity index (χ1) is 14.7. The number of aromatic nitrogens is 2. The van der Waals surface area contributed by atoms with E-state index in [4.69, 9.17) is 10.5 Å². The maximum Gasteiger partial charge on any atom is 0.433 e. The van der Waals surface area contributed by atoms with E-state index in [-0.39, 0.29) is 11.4 Å². The van der Waals surface area contributed by atoms with Crippen LogP contribution in [-0.4, -0.2) is 34.1 Å². The number of nitrogen functional groups attached to an aromatic ring is 1. The molecule has 0 radical (unpaired) electrons. The Bertz CT molecular complexity index is 991. The van der Waals surface area contributed by atoms with Gasteiger partial charge in [0.05, 0.1) is 24.1 Å². The molecule has 31 heavy (non-hydrogen) atoms. The molecule has 2 aromatic rings. The highest BCUT2D eigenvalue weighted by molar-refractivity contribution is 5.95. The first-order valence-corrected chi connectivity index (χ1v) is 9.72. The molecule has 8 nitrogen and oxygen atoms in total. The van der Waals surface area contributed by atoms with Crippen LogP contribution < -0.4 is 16.0 Å². The summed E-state index contributed by atoms with van der Waals surface area (Å²) in [4.78, 5) is 33.9. The number of carbonyl (C=O) groups is 2. The summed E-state index contributed by atoms with van der Waals surface area (Å²) in [6, 6.07) is 5.96. The Labute approximate surface area is 175 Å². The molecule has 1 aliphatic heterocycles. The van der Waals surface area contributed by atoms with Crippen LogP contribution in [0, 0.1) is 5.92 Å². The Morgan fingerprint density at radius 2 is 2.00 bits per heavy atom. The van der Waals surface area contributed by atoms with Crippen molar-refractivity contribution in [3.8, 4) is 0 Å². The molecule has 1 saturated heterocycles. The number of hydrogen-bond donors (Lipinski definition) is 2. The SMILES string of the molecule is Nc1cnc(C(F)(F)F)cc1NC(=O)[C@H]1CC[C@]2(CC1)CN(c1ccccn1)C(=O)O2. The number of amides is 2. The minimum Gasteiger partial charge on any atom is -0.441 e. The van der Waals surface area contributed by atoms with Crippen LogP contribution in [0.5, 0.6) is 0 Å². The van der Waals surface area contributed by atoms with Gasteiger partial charge in [-0.15, -0.1) is 0 Å². The third kappa shape index (κ3) is 4.25. The lowest BCUT2D eigenvalue weighted by Gasteiger charge is -2.34. The van der Waals surface area contributed by atoms with E-state index in [2.05, 4.69) is 15.3 Å². The maximum absolute atomic E-state index is 12.9. The van der Waals surface area contributed by atoms with Crippen molar-refractivity contribution in [3.63, 3.8) is 0 Å². The summed E-state index contributed by atoms with van der Waals surface area (Å²) < 4.78 is 44.3. The maximum atomic E-state index is 12.9. The van der Waals surface area contributed by atoms with Gasteiger partial charge in [-0.2, -0.15) is 13.2 Å². The molecular weight excluding hydrogens is 415 g/mol. The first kappa shape index (κ1) is 20.9. The zero-order chi connectivity index (χ0) is 22.2. The highest BCUT2D eigenvalue weighted by atomic mass is 19.4. The number of anilines is 3. The molecule has 2 aromatic heterocycles. The molecule has 1 saturated carbocycles. The molecule has 3 heterocycles. The van der Waals surface area contributed by atoms with Gasteiger partial charge in [-0.05, 0) is 43.9 Å². The molecule has 2 aliphatic rings. The van der Waals surface area contributed by atoms with Gasteiger partial charge >= 0.3 is 12.3 Å². The molecule has 0 unspecified atom stereocenters. The predicted octanol–water partition coefficient (Wildman–Crippen LogP) is 3.60. The van der Waals surface area contributed by atoms with Gasteiger partial charge in [-0.3, -0.25) is 9.69 Å². The molecule has 1 aliphatic carbocycles. The standard InChI is InChI=1S/C20H20F3N5O3/c21-20(22,23)15-9-14(13(24)10-26-15)27-17(29)12-4-6-19(7-5-12)11-28(18(30)31-19)16-3-1-2-8-25-16/h1-3,8-10,12H,4-7,11,24H2,(H,26,27,29)/t12-,19-. The van der Waals surface area contributed by atoms with Crippen LogP contribution in [0.2, 0.25) is 0 Å². The van der Waals surface area contributed by atoms with Crippen LogP contribution in [-0.2, 0) is 15.7 Å². The zero-order valence-electron chi connectivity index (χ0n) is 16.4. The Hall–Kier alpha value is -3.37. The van der Waals surface area contributed by atoms with Gasteiger partial charge in [0.25, 0.3) is 0 Å². The quantitative estimate of drug-likeness (QED) is 0.762. The average molecular weight is 435 g/mol. The Balaban J connectivity index is 1.39. The largest absolute Gasteiger partial charge is 0.441 e. The lowest BCUT2D eigenvalue weighted by Crippen LogP contribution is -2.41. The molecule has 0 aromatic carbocycles. The van der Waals surface area contributed by atoms with Crippen LogP contribution >= 0.6 is 0 Å². The fourth-order valence-corrected chi connectivity index (χ4v) is 3.94. The van der Waals surface area contributed by atoms with Crippen molar-refractivity contribution in [2.45, 2.75) is 37.5 Å². The van der Waals surface area contributed by atoms with E-state index < -0.39 is 35.4 Å². The molecule has 0 atom stereocenters. The summed E-state index contributed by atoms with van der Waals surface area (Å²) in [6.45, 7) is 0.337. The van der Waals surface area contributed by atoms with Gasteiger partial charge in [-0.25, -0.2) is 14.8 Å². The Morgan fingerprint density at radius 1 is 1.26 bits per heavy atom. The topological polar surface area (TPSA) is 110 Å². The Morgan fingerprint density at radius 3 is 2.65 bits per heavy atom. The second kappa shape index (κ2) is 7.71. The molecule has 4 rings (SSSR count). The number of ether oxygens (including phenoxy) is 1. The van der Waals surface area contributed by atoms with Gasteiger partial charge in [0, 0.05) is 12.1 Å². The number of nitrogens with two attached hydrogens (primary N) is 1. The molecule has 11 heteroatoms. The fourth-order valence-electron chi connectivity index (χ4n) is 3.94. The van der Waals surface area contributed by atoms with E-state index in [9.17, 15) is 22.8 Å². The van der Waals surface area contributed by atoms with Crippen molar-refractivity contribution in [1.82, 2.24) is 9.97 Å². The summed E-state index contributed by atoms with van der Waals surface area (Å²) in [5.74, 6) is -0.361. The summed E-state index contributed by atoms with van der Waals surface area (Å²) in [7, 11) is 0. The third-order valence-corrected chi connectivity index (χ3v) is 5.65. The summed E-state index contributed by atoms with van der Waals surface area (Å²) in [5.41, 5.74) is 3.67. The minimum absolute atomic E-state index is 0.0515. The number of nitrogens with one attached hydrogen (secondary N) is 1. The summed E-state index contributed by atoms with van der Waals surface area (Å²) in [5, 5.41) is 2.48.